The Morgan fingerprint density at radius 1 is 1.00 bits per heavy atom. The van der Waals surface area contributed by atoms with Gasteiger partial charge in [-0.25, -0.2) is 18.2 Å². The number of fused-ring (bicyclic) bond motifs is 1. The number of carbonyl (C=O) groups is 2. The number of pyridine rings is 1. The molecule has 1 aromatic carbocycles. The van der Waals surface area contributed by atoms with Crippen molar-refractivity contribution >= 4 is 22.0 Å². The van der Waals surface area contributed by atoms with Crippen LogP contribution in [0.15, 0.2) is 53.6 Å². The summed E-state index contributed by atoms with van der Waals surface area (Å²) >= 11 is 0. The number of carboxylic acids is 2. The molecule has 1 saturated heterocycles. The maximum Gasteiger partial charge on any atom is 0.490 e. The van der Waals surface area contributed by atoms with Crippen LogP contribution in [0, 0.1) is 11.8 Å². The predicted molar refractivity (Wildman–Crippen MR) is 120 cm³/mol. The Morgan fingerprint density at radius 3 is 2.19 bits per heavy atom. The van der Waals surface area contributed by atoms with E-state index in [1.165, 1.54) is 18.3 Å². The van der Waals surface area contributed by atoms with Gasteiger partial charge in [-0.2, -0.15) is 17.5 Å². The quantitative estimate of drug-likeness (QED) is 0.589. The van der Waals surface area contributed by atoms with Gasteiger partial charge in [-0.1, -0.05) is 37.5 Å². The maximum atomic E-state index is 13.2. The topological polar surface area (TPSA) is 134 Å². The summed E-state index contributed by atoms with van der Waals surface area (Å²) in [5.74, 6) is -2.79. The van der Waals surface area contributed by atoms with Gasteiger partial charge in [0.25, 0.3) is 0 Å². The lowest BCUT2D eigenvalue weighted by atomic mass is 9.71. The third-order valence-corrected chi connectivity index (χ3v) is 8.05. The number of para-hydroxylation sites is 1. The summed E-state index contributed by atoms with van der Waals surface area (Å²) in [6, 6.07) is 11.0. The van der Waals surface area contributed by atoms with Crippen LogP contribution in [0.3, 0.4) is 0 Å². The van der Waals surface area contributed by atoms with Gasteiger partial charge in [-0.05, 0) is 42.9 Å². The normalized spacial score (nSPS) is 22.5. The molecule has 13 heteroatoms. The van der Waals surface area contributed by atoms with Gasteiger partial charge in [0, 0.05) is 12.6 Å². The first kappa shape index (κ1) is 27.4. The van der Waals surface area contributed by atoms with Crippen LogP contribution in [0.4, 0.5) is 13.2 Å². The first-order chi connectivity index (χ1) is 16.9. The van der Waals surface area contributed by atoms with Crippen molar-refractivity contribution in [2.45, 2.75) is 49.2 Å². The van der Waals surface area contributed by atoms with Crippen LogP contribution < -0.4 is 4.74 Å². The molecule has 2 fully saturated rings. The summed E-state index contributed by atoms with van der Waals surface area (Å²) < 4.78 is 65.0. The van der Waals surface area contributed by atoms with E-state index in [2.05, 4.69) is 4.98 Å². The average Bonchev–Trinajstić information content (AvgIpc) is 2.84. The van der Waals surface area contributed by atoms with Crippen molar-refractivity contribution in [3.8, 4) is 11.6 Å². The second kappa shape index (κ2) is 11.2. The highest BCUT2D eigenvalue weighted by Crippen LogP contribution is 2.41. The van der Waals surface area contributed by atoms with E-state index in [1.807, 2.05) is 18.2 Å². The summed E-state index contributed by atoms with van der Waals surface area (Å²) in [4.78, 5) is 25.0. The number of piperidine rings is 1. The lowest BCUT2D eigenvalue weighted by Crippen LogP contribution is -2.55. The molecular weight excluding hydrogens is 505 g/mol. The maximum absolute atomic E-state index is 13.2. The fourth-order valence-electron chi connectivity index (χ4n) is 4.56. The highest BCUT2D eigenvalue weighted by atomic mass is 32.2. The van der Waals surface area contributed by atoms with Crippen molar-refractivity contribution in [1.82, 2.24) is 9.29 Å². The van der Waals surface area contributed by atoms with Crippen LogP contribution in [0.2, 0.25) is 0 Å². The average molecular weight is 531 g/mol. The molecule has 0 spiro atoms. The van der Waals surface area contributed by atoms with Crippen molar-refractivity contribution in [3.05, 3.63) is 48.7 Å². The predicted octanol–water partition coefficient (Wildman–Crippen LogP) is 4.16. The van der Waals surface area contributed by atoms with Gasteiger partial charge in [0.05, 0.1) is 6.20 Å². The molecule has 0 bridgehead atoms. The second-order valence-electron chi connectivity index (χ2n) is 8.45. The van der Waals surface area contributed by atoms with E-state index in [1.54, 1.807) is 12.1 Å². The molecule has 0 radical (unpaired) electrons. The fourth-order valence-corrected chi connectivity index (χ4v) is 6.14. The molecule has 2 heterocycles. The standard InChI is InChI=1S/C21H24N2O5S.C2HF3O2/c24-21(25)20-18-9-5-4-6-15(18)12-13-23(20)29(26,27)17-10-11-19(22-14-17)28-16-7-2-1-3-8-16;3-2(4,5)1(6)7/h1-3,7-8,10-11,14-15,18,20H,4-6,9,12-13H2,(H,24,25);(H,6,7). The number of sulfonamides is 1. The molecule has 3 unspecified atom stereocenters. The van der Waals surface area contributed by atoms with E-state index in [0.29, 0.717) is 12.2 Å². The van der Waals surface area contributed by atoms with Crippen molar-refractivity contribution in [3.63, 3.8) is 0 Å². The zero-order valence-electron chi connectivity index (χ0n) is 19.0. The van der Waals surface area contributed by atoms with Crippen molar-refractivity contribution < 1.29 is 46.1 Å². The van der Waals surface area contributed by atoms with Crippen LogP contribution in [-0.2, 0) is 19.6 Å². The number of hydrogen-bond acceptors (Lipinski definition) is 6. The molecule has 0 amide bonds. The highest BCUT2D eigenvalue weighted by molar-refractivity contribution is 7.89. The van der Waals surface area contributed by atoms with Gasteiger partial charge in [0.15, 0.2) is 0 Å². The van der Waals surface area contributed by atoms with Crippen molar-refractivity contribution in [1.29, 1.82) is 0 Å². The zero-order valence-corrected chi connectivity index (χ0v) is 19.8. The molecule has 9 nitrogen and oxygen atoms in total. The molecule has 2 N–H and O–H groups in total. The lowest BCUT2D eigenvalue weighted by Gasteiger charge is -2.44. The second-order valence-corrected chi connectivity index (χ2v) is 10.3. The summed E-state index contributed by atoms with van der Waals surface area (Å²) in [6.45, 7) is 0.225. The first-order valence-electron chi connectivity index (χ1n) is 11.1. The summed E-state index contributed by atoms with van der Waals surface area (Å²) in [6.07, 6.45) is 0.639. The Labute approximate surface area is 205 Å². The third kappa shape index (κ3) is 6.52. The number of nitrogens with zero attached hydrogens (tertiary/aromatic N) is 2. The van der Waals surface area contributed by atoms with Crippen LogP contribution >= 0.6 is 0 Å². The van der Waals surface area contributed by atoms with Crippen molar-refractivity contribution in [2.75, 3.05) is 6.54 Å². The van der Waals surface area contributed by atoms with Crippen LogP contribution in [-0.4, -0.2) is 58.6 Å². The van der Waals surface area contributed by atoms with Gasteiger partial charge < -0.3 is 14.9 Å². The fraction of sp³-hybridized carbons (Fsp3) is 0.435. The zero-order chi connectivity index (χ0) is 26.5. The Bertz CT molecular complexity index is 1160. The Kier molecular flexibility index (Phi) is 8.56. The molecule has 4 rings (SSSR count). The molecule has 2 aromatic rings. The summed E-state index contributed by atoms with van der Waals surface area (Å²) in [5.41, 5.74) is 0. The molecule has 1 aliphatic heterocycles. The number of hydrogen-bond donors (Lipinski definition) is 2. The Morgan fingerprint density at radius 2 is 1.64 bits per heavy atom. The van der Waals surface area contributed by atoms with Gasteiger partial charge in [0.1, 0.15) is 16.7 Å². The van der Waals surface area contributed by atoms with E-state index >= 15 is 0 Å². The van der Waals surface area contributed by atoms with E-state index in [9.17, 15) is 31.5 Å². The third-order valence-electron chi connectivity index (χ3n) is 6.18. The number of ether oxygens (including phenoxy) is 1. The van der Waals surface area contributed by atoms with E-state index in [-0.39, 0.29) is 29.2 Å². The van der Waals surface area contributed by atoms with E-state index < -0.39 is 34.2 Å². The van der Waals surface area contributed by atoms with Gasteiger partial charge >= 0.3 is 18.1 Å². The van der Waals surface area contributed by atoms with Crippen LogP contribution in [0.5, 0.6) is 11.6 Å². The number of rotatable bonds is 5. The number of carboxylic acid groups (broad SMARTS) is 2. The smallest absolute Gasteiger partial charge is 0.480 e. The van der Waals surface area contributed by atoms with Gasteiger partial charge in [-0.3, -0.25) is 4.79 Å². The largest absolute Gasteiger partial charge is 0.490 e. The monoisotopic (exact) mass is 530 g/mol. The number of aromatic nitrogens is 1. The minimum atomic E-state index is -5.08. The minimum absolute atomic E-state index is 0.0154. The molecule has 3 atom stereocenters. The summed E-state index contributed by atoms with van der Waals surface area (Å²) in [5, 5.41) is 16.9. The Balaban J connectivity index is 0.000000454. The van der Waals surface area contributed by atoms with Crippen molar-refractivity contribution in [2.24, 2.45) is 11.8 Å². The number of aliphatic carboxylic acids is 2. The lowest BCUT2D eigenvalue weighted by molar-refractivity contribution is -0.192. The first-order valence-corrected chi connectivity index (χ1v) is 12.6. The minimum Gasteiger partial charge on any atom is -0.480 e. The molecule has 2 aliphatic rings. The molecule has 36 heavy (non-hydrogen) atoms. The Hall–Kier alpha value is -3.19. The number of alkyl halides is 3. The number of halogens is 3. The van der Waals surface area contributed by atoms with E-state index in [0.717, 1.165) is 30.0 Å². The molecule has 1 saturated carbocycles. The summed E-state index contributed by atoms with van der Waals surface area (Å²) in [7, 11) is -3.96. The molecule has 1 aromatic heterocycles. The van der Waals surface area contributed by atoms with E-state index in [4.69, 9.17) is 14.6 Å². The number of benzene rings is 1. The highest BCUT2D eigenvalue weighted by Gasteiger charge is 2.47. The molecular formula is C23H25F3N2O7S. The molecule has 1 aliphatic carbocycles. The SMILES string of the molecule is O=C(O)C(F)(F)F.O=C(O)C1C2CCCCC2CCN1S(=O)(=O)c1ccc(Oc2ccccc2)nc1. The van der Waals surface area contributed by atoms with Gasteiger partial charge in [-0.15, -0.1) is 0 Å². The van der Waals surface area contributed by atoms with Gasteiger partial charge in [0.2, 0.25) is 15.9 Å². The van der Waals surface area contributed by atoms with Crippen LogP contribution in [0.1, 0.15) is 32.1 Å². The van der Waals surface area contributed by atoms with Crippen LogP contribution in [0.25, 0.3) is 0 Å². The molecule has 196 valence electrons.